The van der Waals surface area contributed by atoms with Crippen LogP contribution < -0.4 is 5.73 Å². The van der Waals surface area contributed by atoms with Gasteiger partial charge in [0.05, 0.1) is 13.0 Å². The molecule has 0 fully saturated rings. The zero-order valence-electron chi connectivity index (χ0n) is 12.0. The van der Waals surface area contributed by atoms with Crippen LogP contribution in [0.3, 0.4) is 0 Å². The highest BCUT2D eigenvalue weighted by atomic mass is 32.1. The van der Waals surface area contributed by atoms with Gasteiger partial charge in [-0.2, -0.15) is 0 Å². The van der Waals surface area contributed by atoms with Gasteiger partial charge < -0.3 is 10.6 Å². The van der Waals surface area contributed by atoms with Gasteiger partial charge in [0.15, 0.2) is 0 Å². The normalized spacial score (nSPS) is 9.81. The van der Waals surface area contributed by atoms with E-state index < -0.39 is 0 Å². The molecular formula is C17H18N2OS. The molecule has 1 aromatic heterocycles. The molecule has 3 nitrogen and oxygen atoms in total. The van der Waals surface area contributed by atoms with Gasteiger partial charge in [-0.3, -0.25) is 4.79 Å². The van der Waals surface area contributed by atoms with E-state index in [1.165, 1.54) is 0 Å². The number of benzene rings is 1. The molecule has 1 heterocycles. The zero-order chi connectivity index (χ0) is 15.1. The molecule has 4 heteroatoms. The Hall–Kier alpha value is -2.09. The Kier molecular flexibility index (Phi) is 5.56. The van der Waals surface area contributed by atoms with Crippen molar-refractivity contribution in [3.63, 3.8) is 0 Å². The second-order valence-corrected chi connectivity index (χ2v) is 5.74. The highest BCUT2D eigenvalue weighted by Gasteiger charge is 2.10. The molecular weight excluding hydrogens is 280 g/mol. The summed E-state index contributed by atoms with van der Waals surface area (Å²) in [6.07, 6.45) is 0.459. The van der Waals surface area contributed by atoms with E-state index >= 15 is 0 Å². The predicted molar refractivity (Wildman–Crippen MR) is 86.9 cm³/mol. The molecule has 2 aromatic rings. The minimum absolute atomic E-state index is 0.121. The molecule has 1 amide bonds. The molecule has 108 valence electrons. The second-order valence-electron chi connectivity index (χ2n) is 4.71. The fourth-order valence-corrected chi connectivity index (χ4v) is 2.66. The lowest BCUT2D eigenvalue weighted by Gasteiger charge is -2.17. The average Bonchev–Trinajstić information content (AvgIpc) is 2.98. The Balaban J connectivity index is 1.98. The van der Waals surface area contributed by atoms with Crippen LogP contribution in [0.2, 0.25) is 0 Å². The number of amides is 1. The average molecular weight is 298 g/mol. The van der Waals surface area contributed by atoms with Crippen LogP contribution >= 0.6 is 11.3 Å². The lowest BCUT2D eigenvalue weighted by Crippen LogP contribution is -2.27. The summed E-state index contributed by atoms with van der Waals surface area (Å²) in [5, 5.41) is 1.99. The molecule has 0 aliphatic rings. The third-order valence-electron chi connectivity index (χ3n) is 3.01. The summed E-state index contributed by atoms with van der Waals surface area (Å²) in [6.45, 7) is 0.936. The molecule has 0 bridgehead atoms. The van der Waals surface area contributed by atoms with Crippen LogP contribution in [0.1, 0.15) is 16.0 Å². The molecule has 21 heavy (non-hydrogen) atoms. The maximum Gasteiger partial charge on any atom is 0.227 e. The van der Waals surface area contributed by atoms with Crippen LogP contribution in [-0.4, -0.2) is 24.4 Å². The first-order chi connectivity index (χ1) is 10.2. The van der Waals surface area contributed by atoms with Crippen molar-refractivity contribution in [1.29, 1.82) is 0 Å². The molecule has 2 rings (SSSR count). The first-order valence-electron chi connectivity index (χ1n) is 6.73. The molecule has 0 aliphatic heterocycles. The van der Waals surface area contributed by atoms with Gasteiger partial charge in [-0.1, -0.05) is 30.0 Å². The first-order valence-corrected chi connectivity index (χ1v) is 7.61. The maximum absolute atomic E-state index is 12.2. The molecule has 0 radical (unpaired) electrons. The van der Waals surface area contributed by atoms with Gasteiger partial charge in [0.25, 0.3) is 0 Å². The van der Waals surface area contributed by atoms with Crippen molar-refractivity contribution in [2.75, 3.05) is 13.6 Å². The smallest absolute Gasteiger partial charge is 0.227 e. The summed E-state index contributed by atoms with van der Waals surface area (Å²) >= 11 is 1.61. The van der Waals surface area contributed by atoms with Gasteiger partial charge in [0, 0.05) is 24.0 Å². The van der Waals surface area contributed by atoms with Crippen molar-refractivity contribution in [2.45, 2.75) is 13.0 Å². The fourth-order valence-electron chi connectivity index (χ4n) is 1.96. The maximum atomic E-state index is 12.2. The van der Waals surface area contributed by atoms with Gasteiger partial charge >= 0.3 is 0 Å². The van der Waals surface area contributed by atoms with E-state index in [4.69, 9.17) is 5.73 Å². The second kappa shape index (κ2) is 7.63. The van der Waals surface area contributed by atoms with Crippen molar-refractivity contribution < 1.29 is 4.79 Å². The van der Waals surface area contributed by atoms with Crippen molar-refractivity contribution in [1.82, 2.24) is 4.90 Å². The van der Waals surface area contributed by atoms with Crippen molar-refractivity contribution in [2.24, 2.45) is 5.73 Å². The van der Waals surface area contributed by atoms with Crippen LogP contribution in [0.4, 0.5) is 0 Å². The number of carbonyl (C=O) groups is 1. The molecule has 0 unspecified atom stereocenters. The molecule has 0 aliphatic carbocycles. The third kappa shape index (κ3) is 4.75. The highest BCUT2D eigenvalue weighted by Crippen LogP contribution is 2.12. The first kappa shape index (κ1) is 15.3. The van der Waals surface area contributed by atoms with Crippen molar-refractivity contribution >= 4 is 17.2 Å². The van der Waals surface area contributed by atoms with E-state index in [0.29, 0.717) is 19.5 Å². The van der Waals surface area contributed by atoms with E-state index in [1.54, 1.807) is 16.2 Å². The van der Waals surface area contributed by atoms with Gasteiger partial charge in [0.2, 0.25) is 5.91 Å². The molecule has 0 saturated carbocycles. The Morgan fingerprint density at radius 1 is 1.33 bits per heavy atom. The van der Waals surface area contributed by atoms with E-state index in [2.05, 4.69) is 11.8 Å². The quantitative estimate of drug-likeness (QED) is 0.880. The number of likely N-dealkylation sites (N-methyl/N-ethyl adjacent to an activating group) is 1. The number of thiophene rings is 1. The topological polar surface area (TPSA) is 46.3 Å². The van der Waals surface area contributed by atoms with Crippen LogP contribution in [0, 0.1) is 11.8 Å². The van der Waals surface area contributed by atoms with Gasteiger partial charge in [-0.05, 0) is 29.1 Å². The number of carbonyl (C=O) groups excluding carboxylic acids is 1. The monoisotopic (exact) mass is 298 g/mol. The molecule has 0 atom stereocenters. The Morgan fingerprint density at radius 3 is 2.90 bits per heavy atom. The van der Waals surface area contributed by atoms with Gasteiger partial charge in [-0.25, -0.2) is 0 Å². The largest absolute Gasteiger partial charge is 0.341 e. The van der Waals surface area contributed by atoms with E-state index in [1.807, 2.05) is 48.8 Å². The molecule has 0 spiro atoms. The Morgan fingerprint density at radius 2 is 2.19 bits per heavy atom. The highest BCUT2D eigenvalue weighted by molar-refractivity contribution is 7.10. The van der Waals surface area contributed by atoms with Crippen LogP contribution in [0.15, 0.2) is 41.8 Å². The number of nitrogens with zero attached hydrogens (tertiary/aromatic N) is 1. The van der Waals surface area contributed by atoms with E-state index in [0.717, 1.165) is 16.0 Å². The lowest BCUT2D eigenvalue weighted by molar-refractivity contribution is -0.129. The fraction of sp³-hybridized carbons (Fsp3) is 0.235. The zero-order valence-corrected chi connectivity index (χ0v) is 12.8. The molecule has 2 N–H and O–H groups in total. The van der Waals surface area contributed by atoms with Gasteiger partial charge in [-0.15, -0.1) is 11.3 Å². The van der Waals surface area contributed by atoms with Crippen LogP contribution in [-0.2, 0) is 17.8 Å². The van der Waals surface area contributed by atoms with Crippen molar-refractivity contribution in [3.05, 3.63) is 57.8 Å². The van der Waals surface area contributed by atoms with Crippen LogP contribution in [0.5, 0.6) is 0 Å². The van der Waals surface area contributed by atoms with Crippen molar-refractivity contribution in [3.8, 4) is 11.8 Å². The van der Waals surface area contributed by atoms with Crippen LogP contribution in [0.25, 0.3) is 0 Å². The third-order valence-corrected chi connectivity index (χ3v) is 3.89. The Labute approximate surface area is 129 Å². The number of hydrogen-bond acceptors (Lipinski definition) is 3. The Bertz CT molecular complexity index is 653. The number of hydrogen-bond donors (Lipinski definition) is 1. The minimum Gasteiger partial charge on any atom is -0.341 e. The van der Waals surface area contributed by atoms with E-state index in [-0.39, 0.29) is 5.91 Å². The summed E-state index contributed by atoms with van der Waals surface area (Å²) in [4.78, 5) is 15.0. The predicted octanol–water partition coefficient (Wildman–Crippen LogP) is 2.26. The number of rotatable bonds is 4. The number of nitrogens with two attached hydrogens (primary N) is 1. The lowest BCUT2D eigenvalue weighted by atomic mass is 10.1. The minimum atomic E-state index is 0.121. The SMILES string of the molecule is CN(Cc1cccc(C#CCN)c1)C(=O)Cc1cccs1. The summed E-state index contributed by atoms with van der Waals surface area (Å²) in [6, 6.07) is 11.8. The summed E-state index contributed by atoms with van der Waals surface area (Å²) in [5.74, 6) is 5.96. The summed E-state index contributed by atoms with van der Waals surface area (Å²) < 4.78 is 0. The van der Waals surface area contributed by atoms with E-state index in [9.17, 15) is 4.79 Å². The van der Waals surface area contributed by atoms with Gasteiger partial charge in [0.1, 0.15) is 0 Å². The molecule has 1 aromatic carbocycles. The summed E-state index contributed by atoms with van der Waals surface area (Å²) in [5.41, 5.74) is 7.37. The summed E-state index contributed by atoms with van der Waals surface area (Å²) in [7, 11) is 1.83. The standard InChI is InChI=1S/C17H18N2OS/c1-19(17(20)12-16-8-4-10-21-16)13-15-6-2-5-14(11-15)7-3-9-18/h2,4-6,8,10-11H,9,12-13,18H2,1H3. The molecule has 0 saturated heterocycles.